The SMILES string of the molecule is CCOC(=O)c1ccc(N)cc1OCC(C)CC. The first-order valence-corrected chi connectivity index (χ1v) is 6.27. The summed E-state index contributed by atoms with van der Waals surface area (Å²) in [6.07, 6.45) is 1.02. The zero-order valence-electron chi connectivity index (χ0n) is 11.2. The van der Waals surface area contributed by atoms with E-state index >= 15 is 0 Å². The molecule has 1 unspecified atom stereocenters. The molecule has 1 aromatic carbocycles. The number of ether oxygens (including phenoxy) is 2. The number of hydrogen-bond acceptors (Lipinski definition) is 4. The average molecular weight is 251 g/mol. The van der Waals surface area contributed by atoms with Gasteiger partial charge in [-0.1, -0.05) is 20.3 Å². The van der Waals surface area contributed by atoms with E-state index in [0.29, 0.717) is 36.1 Å². The van der Waals surface area contributed by atoms with Gasteiger partial charge in [0.1, 0.15) is 11.3 Å². The lowest BCUT2D eigenvalue weighted by molar-refractivity contribution is 0.0521. The van der Waals surface area contributed by atoms with Gasteiger partial charge in [0.15, 0.2) is 0 Å². The molecule has 4 nitrogen and oxygen atoms in total. The van der Waals surface area contributed by atoms with Crippen LogP contribution >= 0.6 is 0 Å². The summed E-state index contributed by atoms with van der Waals surface area (Å²) in [6.45, 7) is 6.87. The van der Waals surface area contributed by atoms with Crippen LogP contribution in [0.3, 0.4) is 0 Å². The molecule has 1 aromatic rings. The van der Waals surface area contributed by atoms with E-state index in [0.717, 1.165) is 6.42 Å². The van der Waals surface area contributed by atoms with Crippen molar-refractivity contribution in [2.75, 3.05) is 18.9 Å². The Hall–Kier alpha value is -1.71. The van der Waals surface area contributed by atoms with Gasteiger partial charge in [0.25, 0.3) is 0 Å². The van der Waals surface area contributed by atoms with Gasteiger partial charge in [-0.3, -0.25) is 0 Å². The van der Waals surface area contributed by atoms with E-state index < -0.39 is 0 Å². The third-order valence-corrected chi connectivity index (χ3v) is 2.72. The minimum Gasteiger partial charge on any atom is -0.492 e. The third-order valence-electron chi connectivity index (χ3n) is 2.72. The molecule has 0 fully saturated rings. The number of carbonyl (C=O) groups excluding carboxylic acids is 1. The first-order valence-electron chi connectivity index (χ1n) is 6.27. The van der Waals surface area contributed by atoms with Gasteiger partial charge in [0, 0.05) is 11.8 Å². The predicted molar refractivity (Wildman–Crippen MR) is 71.8 cm³/mol. The first kappa shape index (κ1) is 14.4. The van der Waals surface area contributed by atoms with E-state index in [4.69, 9.17) is 15.2 Å². The van der Waals surface area contributed by atoms with Gasteiger partial charge in [-0.05, 0) is 25.0 Å². The van der Waals surface area contributed by atoms with Crippen LogP contribution in [0.2, 0.25) is 0 Å². The van der Waals surface area contributed by atoms with Gasteiger partial charge in [-0.2, -0.15) is 0 Å². The second kappa shape index (κ2) is 6.89. The molecule has 0 bridgehead atoms. The van der Waals surface area contributed by atoms with Crippen molar-refractivity contribution in [2.24, 2.45) is 5.92 Å². The van der Waals surface area contributed by atoms with Crippen LogP contribution in [0.5, 0.6) is 5.75 Å². The summed E-state index contributed by atoms with van der Waals surface area (Å²) in [7, 11) is 0. The molecule has 100 valence electrons. The topological polar surface area (TPSA) is 61.5 Å². The van der Waals surface area contributed by atoms with Crippen molar-refractivity contribution in [3.05, 3.63) is 23.8 Å². The van der Waals surface area contributed by atoms with E-state index in [1.165, 1.54) is 0 Å². The van der Waals surface area contributed by atoms with E-state index in [1.807, 2.05) is 0 Å². The van der Waals surface area contributed by atoms with Gasteiger partial charge < -0.3 is 15.2 Å². The fourth-order valence-electron chi connectivity index (χ4n) is 1.39. The lowest BCUT2D eigenvalue weighted by Gasteiger charge is -2.14. The number of esters is 1. The number of nitrogen functional groups attached to an aromatic ring is 1. The van der Waals surface area contributed by atoms with Gasteiger partial charge in [0.2, 0.25) is 0 Å². The third kappa shape index (κ3) is 3.95. The second-order valence-electron chi connectivity index (χ2n) is 4.30. The fourth-order valence-corrected chi connectivity index (χ4v) is 1.39. The zero-order chi connectivity index (χ0) is 13.5. The molecule has 0 aliphatic heterocycles. The van der Waals surface area contributed by atoms with Gasteiger partial charge in [-0.25, -0.2) is 4.79 Å². The van der Waals surface area contributed by atoms with Crippen molar-refractivity contribution in [3.8, 4) is 5.75 Å². The zero-order valence-corrected chi connectivity index (χ0v) is 11.2. The quantitative estimate of drug-likeness (QED) is 0.623. The van der Waals surface area contributed by atoms with Crippen molar-refractivity contribution in [1.29, 1.82) is 0 Å². The Morgan fingerprint density at radius 1 is 1.39 bits per heavy atom. The van der Waals surface area contributed by atoms with Crippen molar-refractivity contribution in [1.82, 2.24) is 0 Å². The lowest BCUT2D eigenvalue weighted by atomic mass is 10.1. The molecule has 0 heterocycles. The summed E-state index contributed by atoms with van der Waals surface area (Å²) in [5, 5.41) is 0. The monoisotopic (exact) mass is 251 g/mol. The number of rotatable bonds is 6. The van der Waals surface area contributed by atoms with Gasteiger partial charge >= 0.3 is 5.97 Å². The van der Waals surface area contributed by atoms with E-state index in [9.17, 15) is 4.79 Å². The fraction of sp³-hybridized carbons (Fsp3) is 0.500. The molecule has 2 N–H and O–H groups in total. The molecule has 0 aliphatic rings. The number of carbonyl (C=O) groups is 1. The van der Waals surface area contributed by atoms with Crippen LogP contribution < -0.4 is 10.5 Å². The number of hydrogen-bond donors (Lipinski definition) is 1. The van der Waals surface area contributed by atoms with E-state index in [1.54, 1.807) is 25.1 Å². The van der Waals surface area contributed by atoms with Crippen LogP contribution in [0, 0.1) is 5.92 Å². The highest BCUT2D eigenvalue weighted by molar-refractivity contribution is 5.93. The highest BCUT2D eigenvalue weighted by Crippen LogP contribution is 2.23. The van der Waals surface area contributed by atoms with Gasteiger partial charge in [-0.15, -0.1) is 0 Å². The molecule has 0 saturated carbocycles. The molecular weight excluding hydrogens is 230 g/mol. The minimum atomic E-state index is -0.378. The Balaban J connectivity index is 2.86. The molecule has 0 aliphatic carbocycles. The maximum atomic E-state index is 11.7. The molecule has 1 rings (SSSR count). The Morgan fingerprint density at radius 2 is 2.11 bits per heavy atom. The lowest BCUT2D eigenvalue weighted by Crippen LogP contribution is -2.12. The largest absolute Gasteiger partial charge is 0.492 e. The highest BCUT2D eigenvalue weighted by Gasteiger charge is 2.14. The number of anilines is 1. The van der Waals surface area contributed by atoms with Crippen molar-refractivity contribution in [2.45, 2.75) is 27.2 Å². The Bertz CT molecular complexity index is 404. The Labute approximate surface area is 108 Å². The number of benzene rings is 1. The van der Waals surface area contributed by atoms with Crippen LogP contribution in [-0.4, -0.2) is 19.2 Å². The molecule has 1 atom stereocenters. The maximum Gasteiger partial charge on any atom is 0.341 e. The molecule has 0 aromatic heterocycles. The van der Waals surface area contributed by atoms with Crippen molar-refractivity contribution >= 4 is 11.7 Å². The molecule has 0 radical (unpaired) electrons. The summed E-state index contributed by atoms with van der Waals surface area (Å²) in [5.74, 6) is 0.548. The van der Waals surface area contributed by atoms with Crippen molar-refractivity contribution in [3.63, 3.8) is 0 Å². The molecule has 4 heteroatoms. The van der Waals surface area contributed by atoms with Crippen LogP contribution in [0.1, 0.15) is 37.6 Å². The van der Waals surface area contributed by atoms with Crippen molar-refractivity contribution < 1.29 is 14.3 Å². The minimum absolute atomic E-state index is 0.341. The van der Waals surface area contributed by atoms with Crippen LogP contribution in [0.4, 0.5) is 5.69 Å². The molecule has 0 spiro atoms. The molecule has 0 amide bonds. The average Bonchev–Trinajstić information content (AvgIpc) is 2.36. The summed E-state index contributed by atoms with van der Waals surface area (Å²) in [5.41, 5.74) is 6.71. The maximum absolute atomic E-state index is 11.7. The van der Waals surface area contributed by atoms with Gasteiger partial charge in [0.05, 0.1) is 13.2 Å². The highest BCUT2D eigenvalue weighted by atomic mass is 16.5. The van der Waals surface area contributed by atoms with Crippen LogP contribution in [-0.2, 0) is 4.74 Å². The molecular formula is C14H21NO3. The second-order valence-corrected chi connectivity index (χ2v) is 4.30. The predicted octanol–water partition coefficient (Wildman–Crippen LogP) is 2.87. The smallest absolute Gasteiger partial charge is 0.341 e. The summed E-state index contributed by atoms with van der Waals surface area (Å²) in [4.78, 5) is 11.7. The summed E-state index contributed by atoms with van der Waals surface area (Å²) < 4.78 is 10.6. The van der Waals surface area contributed by atoms with Crippen LogP contribution in [0.25, 0.3) is 0 Å². The summed E-state index contributed by atoms with van der Waals surface area (Å²) >= 11 is 0. The van der Waals surface area contributed by atoms with E-state index in [-0.39, 0.29) is 5.97 Å². The Morgan fingerprint density at radius 3 is 2.72 bits per heavy atom. The number of nitrogens with two attached hydrogens (primary N) is 1. The van der Waals surface area contributed by atoms with Crippen LogP contribution in [0.15, 0.2) is 18.2 Å². The normalized spacial score (nSPS) is 11.9. The first-order chi connectivity index (χ1) is 8.58. The standard InChI is InChI=1S/C14H21NO3/c1-4-10(3)9-18-13-8-11(15)6-7-12(13)14(16)17-5-2/h6-8,10H,4-5,9,15H2,1-3H3. The Kier molecular flexibility index (Phi) is 5.49. The van der Waals surface area contributed by atoms with E-state index in [2.05, 4.69) is 13.8 Å². The molecule has 0 saturated heterocycles. The summed E-state index contributed by atoms with van der Waals surface area (Å²) in [6, 6.07) is 4.97. The molecule has 18 heavy (non-hydrogen) atoms.